The van der Waals surface area contributed by atoms with Gasteiger partial charge in [-0.2, -0.15) is 4.98 Å². The third-order valence-corrected chi connectivity index (χ3v) is 10.2. The van der Waals surface area contributed by atoms with Crippen LogP contribution in [0.15, 0.2) is 41.5 Å². The summed E-state index contributed by atoms with van der Waals surface area (Å²) in [5.74, 6) is -1.61. The zero-order valence-electron chi connectivity index (χ0n) is 25.8. The van der Waals surface area contributed by atoms with E-state index >= 15 is 0 Å². The van der Waals surface area contributed by atoms with E-state index in [1.165, 1.54) is 43.8 Å². The van der Waals surface area contributed by atoms with Crippen LogP contribution >= 0.6 is 19.4 Å². The zero-order chi connectivity index (χ0) is 32.8. The van der Waals surface area contributed by atoms with Crippen LogP contribution in [0.5, 0.6) is 0 Å². The van der Waals surface area contributed by atoms with E-state index in [9.17, 15) is 18.5 Å². The van der Waals surface area contributed by atoms with Gasteiger partial charge in [0, 0.05) is 35.8 Å². The second-order valence-corrected chi connectivity index (χ2v) is 13.8. The molecular formula is C31H40ClFN5O7P. The number of unbranched alkanes of at least 4 members (excludes halogenated alkanes) is 6. The van der Waals surface area contributed by atoms with Gasteiger partial charge in [0.1, 0.15) is 11.9 Å². The molecule has 0 radical (unpaired) electrons. The minimum Gasteiger partial charge on any atom is -0.462 e. The predicted molar refractivity (Wildman–Crippen MR) is 171 cm³/mol. The summed E-state index contributed by atoms with van der Waals surface area (Å²) in [6.45, 7) is 6.21. The first-order chi connectivity index (χ1) is 22.1. The van der Waals surface area contributed by atoms with Gasteiger partial charge < -0.3 is 15.0 Å². The van der Waals surface area contributed by atoms with Crippen molar-refractivity contribution in [1.29, 1.82) is 0 Å². The molecule has 1 saturated carbocycles. The standard InChI is InChI=1S/C31H40ClFN5O7P/c1-3-4-5-6-7-8-9-10-27(39)44-26-16-24(38-18-35-28-29(38)36-31(34)37-30(28)40)19(2)22(26)17-43-46(41)42-14-13-25(45-46)21-15-20(32)11-12-23(21)33/h11-12,15,18,22,24-26H,2-10,13-14,16-17H2,1H3,(H3,34,36,37,40)/t22-,24?,25+,26-,46-/m0/s1. The maximum Gasteiger partial charge on any atom is 0.475 e. The van der Waals surface area contributed by atoms with Gasteiger partial charge in [0.15, 0.2) is 11.2 Å². The number of carbonyl (C=O) groups excluding carboxylic acids is 1. The van der Waals surface area contributed by atoms with Crippen molar-refractivity contribution in [2.45, 2.75) is 89.4 Å². The average Bonchev–Trinajstić information content (AvgIpc) is 3.57. The number of anilines is 1. The van der Waals surface area contributed by atoms with Crippen molar-refractivity contribution >= 4 is 42.5 Å². The monoisotopic (exact) mass is 679 g/mol. The quantitative estimate of drug-likeness (QED) is 0.0788. The number of carbonyl (C=O) groups is 1. The molecule has 1 aromatic carbocycles. The molecule has 2 aromatic heterocycles. The highest BCUT2D eigenvalue weighted by atomic mass is 35.5. The number of phosphoric ester groups is 1. The molecule has 0 spiro atoms. The Morgan fingerprint density at radius 3 is 2.80 bits per heavy atom. The first kappa shape index (κ1) is 34.3. The number of ether oxygens (including phenoxy) is 1. The van der Waals surface area contributed by atoms with Crippen LogP contribution in [0.2, 0.25) is 5.02 Å². The average molecular weight is 680 g/mol. The van der Waals surface area contributed by atoms with Gasteiger partial charge in [0.2, 0.25) is 5.95 Å². The van der Waals surface area contributed by atoms with Gasteiger partial charge in [-0.15, -0.1) is 0 Å². The molecule has 3 aromatic rings. The zero-order valence-corrected chi connectivity index (χ0v) is 27.4. The van der Waals surface area contributed by atoms with Crippen LogP contribution in [0, 0.1) is 11.7 Å². The summed E-state index contributed by atoms with van der Waals surface area (Å²) in [7, 11) is -4.16. The number of nitrogens with two attached hydrogens (primary N) is 1. The Morgan fingerprint density at radius 1 is 1.26 bits per heavy atom. The van der Waals surface area contributed by atoms with Crippen LogP contribution < -0.4 is 11.3 Å². The van der Waals surface area contributed by atoms with E-state index in [2.05, 4.69) is 28.5 Å². The highest BCUT2D eigenvalue weighted by Crippen LogP contribution is 2.58. The third kappa shape index (κ3) is 8.06. The SMILES string of the molecule is C=C1C(n2cnc3c(=O)[nH]c(N)nc32)C[C@H](OC(=O)CCCCCCCCC)[C@H]1CO[P@]1(=O)OCC[C@H](c2cc(Cl)ccc2F)O1. The second-order valence-electron chi connectivity index (χ2n) is 11.7. The van der Waals surface area contributed by atoms with Crippen molar-refractivity contribution in [3.8, 4) is 0 Å². The number of halogens is 2. The maximum absolute atomic E-state index is 14.6. The Balaban J connectivity index is 1.30. The molecule has 0 amide bonds. The largest absolute Gasteiger partial charge is 0.475 e. The highest BCUT2D eigenvalue weighted by Gasteiger charge is 2.45. The van der Waals surface area contributed by atoms with Crippen LogP contribution in [0.3, 0.4) is 0 Å². The number of fused-ring (bicyclic) bond motifs is 1. The van der Waals surface area contributed by atoms with Gasteiger partial charge >= 0.3 is 13.8 Å². The number of esters is 1. The number of rotatable bonds is 14. The van der Waals surface area contributed by atoms with E-state index in [0.717, 1.165) is 19.3 Å². The van der Waals surface area contributed by atoms with Gasteiger partial charge in [-0.1, -0.05) is 63.6 Å². The number of aromatic amines is 1. The number of H-pyrrole nitrogens is 1. The molecule has 3 heterocycles. The van der Waals surface area contributed by atoms with Gasteiger partial charge in [-0.25, -0.2) is 13.9 Å². The highest BCUT2D eigenvalue weighted by molar-refractivity contribution is 7.48. The molecule has 2 aliphatic rings. The summed E-state index contributed by atoms with van der Waals surface area (Å²) in [5, 5.41) is 0.307. The number of phosphoric acid groups is 1. The van der Waals surface area contributed by atoms with Gasteiger partial charge in [0.05, 0.1) is 31.7 Å². The van der Waals surface area contributed by atoms with Crippen molar-refractivity contribution in [1.82, 2.24) is 19.5 Å². The number of nitrogens with one attached hydrogen (secondary N) is 1. The van der Waals surface area contributed by atoms with Crippen LogP contribution in [-0.4, -0.2) is 44.8 Å². The minimum atomic E-state index is -4.16. The van der Waals surface area contributed by atoms with Crippen LogP contribution in [0.1, 0.15) is 88.8 Å². The van der Waals surface area contributed by atoms with Crippen molar-refractivity contribution in [2.75, 3.05) is 18.9 Å². The number of hydrogen-bond acceptors (Lipinski definition) is 10. The Hall–Kier alpha value is -3.09. The predicted octanol–water partition coefficient (Wildman–Crippen LogP) is 6.97. The number of aromatic nitrogens is 4. The fraction of sp³-hybridized carbons (Fsp3) is 0.548. The smallest absolute Gasteiger partial charge is 0.462 e. The molecule has 1 aliphatic heterocycles. The number of benzene rings is 1. The van der Waals surface area contributed by atoms with Gasteiger partial charge in [-0.3, -0.25) is 28.1 Å². The molecule has 15 heteroatoms. The van der Waals surface area contributed by atoms with Gasteiger partial charge in [0.25, 0.3) is 5.56 Å². The van der Waals surface area contributed by atoms with Gasteiger partial charge in [-0.05, 0) is 30.2 Å². The van der Waals surface area contributed by atoms with Crippen molar-refractivity contribution in [2.24, 2.45) is 5.92 Å². The van der Waals surface area contributed by atoms with Crippen molar-refractivity contribution in [3.05, 3.63) is 63.4 Å². The lowest BCUT2D eigenvalue weighted by Crippen LogP contribution is -2.27. The van der Waals surface area contributed by atoms with Crippen LogP contribution in [0.25, 0.3) is 11.2 Å². The summed E-state index contributed by atoms with van der Waals surface area (Å²) in [4.78, 5) is 36.3. The van der Waals surface area contributed by atoms with Crippen molar-refractivity contribution in [3.63, 3.8) is 0 Å². The molecule has 0 bridgehead atoms. The summed E-state index contributed by atoms with van der Waals surface area (Å²) in [6, 6.07) is 3.55. The lowest BCUT2D eigenvalue weighted by Gasteiger charge is -2.30. The Labute approximate surface area is 271 Å². The number of nitrogen functional groups attached to an aromatic ring is 1. The minimum absolute atomic E-state index is 0.00165. The second kappa shape index (κ2) is 15.2. The summed E-state index contributed by atoms with van der Waals surface area (Å²) < 4.78 is 52.7. The molecule has 1 unspecified atom stereocenters. The Morgan fingerprint density at radius 2 is 2.02 bits per heavy atom. The Bertz CT molecular complexity index is 1670. The van der Waals surface area contributed by atoms with Crippen LogP contribution in [-0.2, 0) is 27.7 Å². The van der Waals surface area contributed by atoms with Crippen molar-refractivity contribution < 1.29 is 32.1 Å². The van der Waals surface area contributed by atoms with E-state index in [1.807, 2.05) is 0 Å². The number of hydrogen-bond donors (Lipinski definition) is 2. The summed E-state index contributed by atoms with van der Waals surface area (Å²) in [5.41, 5.74) is 6.39. The molecule has 5 atom stereocenters. The number of imidazole rings is 1. The maximum atomic E-state index is 14.6. The topological polar surface area (TPSA) is 161 Å². The molecule has 46 heavy (non-hydrogen) atoms. The summed E-state index contributed by atoms with van der Waals surface area (Å²) >= 11 is 6.06. The molecular weight excluding hydrogens is 640 g/mol. The Kier molecular flexibility index (Phi) is 11.3. The van der Waals surface area contributed by atoms with Crippen LogP contribution in [0.4, 0.5) is 10.3 Å². The van der Waals surface area contributed by atoms with E-state index < -0.39 is 43.4 Å². The molecule has 1 aliphatic carbocycles. The lowest BCUT2D eigenvalue weighted by atomic mass is 10.0. The first-order valence-electron chi connectivity index (χ1n) is 15.7. The molecule has 1 saturated heterocycles. The van der Waals surface area contributed by atoms with E-state index in [1.54, 1.807) is 4.57 Å². The van der Waals surface area contributed by atoms with E-state index in [4.69, 9.17) is 35.6 Å². The third-order valence-electron chi connectivity index (χ3n) is 8.47. The molecule has 3 N–H and O–H groups in total. The molecule has 12 nitrogen and oxygen atoms in total. The lowest BCUT2D eigenvalue weighted by molar-refractivity contribution is -0.151. The molecule has 250 valence electrons. The fourth-order valence-electron chi connectivity index (χ4n) is 6.01. The van der Waals surface area contributed by atoms with E-state index in [0.29, 0.717) is 17.0 Å². The first-order valence-corrected chi connectivity index (χ1v) is 17.6. The van der Waals surface area contributed by atoms with E-state index in [-0.39, 0.29) is 61.1 Å². The summed E-state index contributed by atoms with van der Waals surface area (Å²) in [6.07, 6.45) is 8.04. The normalized spacial score (nSPS) is 24.9. The number of nitrogens with zero attached hydrogens (tertiary/aromatic N) is 3. The molecule has 5 rings (SSSR count). The fourth-order valence-corrected chi connectivity index (χ4v) is 7.59. The molecule has 2 fully saturated rings.